The topological polar surface area (TPSA) is 68.0 Å². The number of hydrogen-bond acceptors (Lipinski definition) is 5. The second-order valence-corrected chi connectivity index (χ2v) is 7.40. The zero-order chi connectivity index (χ0) is 14.9. The van der Waals surface area contributed by atoms with Gasteiger partial charge in [0.05, 0.1) is 10.6 Å². The van der Waals surface area contributed by atoms with E-state index in [-0.39, 0.29) is 11.3 Å². The van der Waals surface area contributed by atoms with Crippen LogP contribution in [0.15, 0.2) is 22.7 Å². The van der Waals surface area contributed by atoms with Crippen LogP contribution >= 0.6 is 23.1 Å². The van der Waals surface area contributed by atoms with Gasteiger partial charge in [-0.25, -0.2) is 0 Å². The van der Waals surface area contributed by atoms with Gasteiger partial charge >= 0.3 is 5.97 Å². The molecule has 0 amide bonds. The molecule has 112 valence electrons. The minimum atomic E-state index is -0.830. The number of thioether (sulfide) groups is 1. The molecule has 0 aliphatic heterocycles. The highest BCUT2D eigenvalue weighted by atomic mass is 32.2. The van der Waals surface area contributed by atoms with Crippen molar-refractivity contribution in [3.05, 3.63) is 17.5 Å². The third-order valence-electron chi connectivity index (χ3n) is 3.92. The molecule has 1 fully saturated rings. The quantitative estimate of drug-likeness (QED) is 0.853. The second-order valence-electron chi connectivity index (χ2n) is 5.51. The molecule has 0 radical (unpaired) electrons. The van der Waals surface area contributed by atoms with E-state index in [0.29, 0.717) is 5.16 Å². The fourth-order valence-electron chi connectivity index (χ4n) is 2.90. The molecule has 3 rings (SSSR count). The molecule has 1 aliphatic rings. The van der Waals surface area contributed by atoms with E-state index in [0.717, 1.165) is 23.5 Å². The van der Waals surface area contributed by atoms with E-state index >= 15 is 0 Å². The minimum Gasteiger partial charge on any atom is -0.481 e. The minimum absolute atomic E-state index is 0.0103. The molecule has 0 saturated heterocycles. The maximum atomic E-state index is 10.8. The summed E-state index contributed by atoms with van der Waals surface area (Å²) in [5, 5.41) is 20.2. The smallest absolute Gasteiger partial charge is 0.313 e. The molecule has 1 saturated carbocycles. The highest BCUT2D eigenvalue weighted by Crippen LogP contribution is 2.42. The van der Waals surface area contributed by atoms with Crippen molar-refractivity contribution < 1.29 is 9.90 Å². The monoisotopic (exact) mass is 323 g/mol. The Morgan fingerprint density at radius 1 is 1.48 bits per heavy atom. The standard InChI is InChI=1S/C14H17N3O2S2/c1-14(6-2-3-7-14)17-12(10-5-4-8-20-10)15-16-13(17)21-9-11(18)19/h4-5,8H,2-3,6-7,9H2,1H3,(H,18,19). The van der Waals surface area contributed by atoms with Crippen LogP contribution in [0.1, 0.15) is 32.6 Å². The summed E-state index contributed by atoms with van der Waals surface area (Å²) in [5.41, 5.74) is -0.0103. The van der Waals surface area contributed by atoms with E-state index < -0.39 is 5.97 Å². The number of aromatic nitrogens is 3. The Bertz CT molecular complexity index is 631. The van der Waals surface area contributed by atoms with Crippen LogP contribution in [-0.4, -0.2) is 31.6 Å². The Morgan fingerprint density at radius 3 is 2.86 bits per heavy atom. The zero-order valence-corrected chi connectivity index (χ0v) is 13.4. The summed E-state index contributed by atoms with van der Waals surface area (Å²) in [6.07, 6.45) is 4.57. The lowest BCUT2D eigenvalue weighted by molar-refractivity contribution is -0.133. The molecule has 0 aromatic carbocycles. The normalized spacial score (nSPS) is 17.2. The number of rotatable bonds is 5. The lowest BCUT2D eigenvalue weighted by atomic mass is 10.0. The number of carbonyl (C=O) groups is 1. The van der Waals surface area contributed by atoms with Gasteiger partial charge in [-0.05, 0) is 31.2 Å². The summed E-state index contributed by atoms with van der Waals surface area (Å²) in [5.74, 6) is 0.0460. The predicted octanol–water partition coefficient (Wildman–Crippen LogP) is 3.47. The average molecular weight is 323 g/mol. The number of thiophene rings is 1. The molecule has 2 aromatic rings. The molecule has 7 heteroatoms. The van der Waals surface area contributed by atoms with E-state index in [1.807, 2.05) is 17.5 Å². The highest BCUT2D eigenvalue weighted by Gasteiger charge is 2.35. The maximum Gasteiger partial charge on any atom is 0.313 e. The lowest BCUT2D eigenvalue weighted by Crippen LogP contribution is -2.28. The number of hydrogen-bond donors (Lipinski definition) is 1. The van der Waals surface area contributed by atoms with Crippen LogP contribution in [0, 0.1) is 0 Å². The van der Waals surface area contributed by atoms with Crippen molar-refractivity contribution in [3.8, 4) is 10.7 Å². The van der Waals surface area contributed by atoms with E-state index in [1.165, 1.54) is 24.6 Å². The fraction of sp³-hybridized carbons (Fsp3) is 0.500. The van der Waals surface area contributed by atoms with Crippen LogP contribution in [0.5, 0.6) is 0 Å². The third kappa shape index (κ3) is 2.85. The van der Waals surface area contributed by atoms with Crippen molar-refractivity contribution in [3.63, 3.8) is 0 Å². The molecule has 1 N–H and O–H groups in total. The van der Waals surface area contributed by atoms with Gasteiger partial charge in [0.2, 0.25) is 0 Å². The van der Waals surface area contributed by atoms with Gasteiger partial charge in [-0.15, -0.1) is 21.5 Å². The fourth-order valence-corrected chi connectivity index (χ4v) is 4.39. The first-order valence-corrected chi connectivity index (χ1v) is 8.81. The average Bonchev–Trinajstić information content (AvgIpc) is 3.16. The van der Waals surface area contributed by atoms with E-state index in [9.17, 15) is 4.79 Å². The van der Waals surface area contributed by atoms with Crippen molar-refractivity contribution in [2.45, 2.75) is 43.3 Å². The molecule has 2 heterocycles. The number of carboxylic acids is 1. The van der Waals surface area contributed by atoms with Gasteiger partial charge in [0.15, 0.2) is 11.0 Å². The second kappa shape index (κ2) is 5.81. The molecule has 21 heavy (non-hydrogen) atoms. The number of nitrogens with zero attached hydrogens (tertiary/aromatic N) is 3. The van der Waals surface area contributed by atoms with Crippen LogP contribution in [0.25, 0.3) is 10.7 Å². The van der Waals surface area contributed by atoms with Crippen LogP contribution in [0.3, 0.4) is 0 Å². The molecule has 1 aliphatic carbocycles. The van der Waals surface area contributed by atoms with Gasteiger partial charge < -0.3 is 5.11 Å². The lowest BCUT2D eigenvalue weighted by Gasteiger charge is -2.28. The first-order valence-electron chi connectivity index (χ1n) is 6.94. The van der Waals surface area contributed by atoms with E-state index in [4.69, 9.17) is 5.11 Å². The first-order chi connectivity index (χ1) is 10.1. The summed E-state index contributed by atoms with van der Waals surface area (Å²) in [7, 11) is 0. The first kappa shape index (κ1) is 14.6. The van der Waals surface area contributed by atoms with Crippen LogP contribution in [0.2, 0.25) is 0 Å². The van der Waals surface area contributed by atoms with E-state index in [1.54, 1.807) is 11.3 Å². The Hall–Kier alpha value is -1.34. The van der Waals surface area contributed by atoms with Gasteiger partial charge in [0.25, 0.3) is 0 Å². The summed E-state index contributed by atoms with van der Waals surface area (Å²) in [6.45, 7) is 2.23. The summed E-state index contributed by atoms with van der Waals surface area (Å²) in [6, 6.07) is 4.04. The molecule has 5 nitrogen and oxygen atoms in total. The molecule has 0 bridgehead atoms. The molecule has 0 atom stereocenters. The Balaban J connectivity index is 2.03. The van der Waals surface area contributed by atoms with Gasteiger partial charge in [0.1, 0.15) is 0 Å². The van der Waals surface area contributed by atoms with Gasteiger partial charge in [-0.2, -0.15) is 0 Å². The van der Waals surface area contributed by atoms with Crippen molar-refractivity contribution in [2.24, 2.45) is 0 Å². The Labute approximate surface area is 131 Å². The summed E-state index contributed by atoms with van der Waals surface area (Å²) < 4.78 is 2.17. The van der Waals surface area contributed by atoms with Crippen LogP contribution < -0.4 is 0 Å². The molecule has 0 unspecified atom stereocenters. The van der Waals surface area contributed by atoms with Crippen molar-refractivity contribution >= 4 is 29.1 Å². The molecular weight excluding hydrogens is 306 g/mol. The largest absolute Gasteiger partial charge is 0.481 e. The zero-order valence-electron chi connectivity index (χ0n) is 11.8. The van der Waals surface area contributed by atoms with Crippen molar-refractivity contribution in [1.29, 1.82) is 0 Å². The van der Waals surface area contributed by atoms with Crippen LogP contribution in [0.4, 0.5) is 0 Å². The highest BCUT2D eigenvalue weighted by molar-refractivity contribution is 7.99. The van der Waals surface area contributed by atoms with Gasteiger partial charge in [0, 0.05) is 5.54 Å². The Kier molecular flexibility index (Phi) is 4.03. The SMILES string of the molecule is CC1(n2c(SCC(=O)O)nnc2-c2cccs2)CCCC1. The van der Waals surface area contributed by atoms with Crippen molar-refractivity contribution in [1.82, 2.24) is 14.8 Å². The molecule has 2 aromatic heterocycles. The van der Waals surface area contributed by atoms with Gasteiger partial charge in [-0.1, -0.05) is 30.7 Å². The molecule has 0 spiro atoms. The summed E-state index contributed by atoms with van der Waals surface area (Å²) in [4.78, 5) is 11.9. The maximum absolute atomic E-state index is 10.8. The van der Waals surface area contributed by atoms with Crippen LogP contribution in [-0.2, 0) is 10.3 Å². The van der Waals surface area contributed by atoms with Crippen molar-refractivity contribution in [2.75, 3.05) is 5.75 Å². The Morgan fingerprint density at radius 2 is 2.24 bits per heavy atom. The van der Waals surface area contributed by atoms with Gasteiger partial charge in [-0.3, -0.25) is 9.36 Å². The summed E-state index contributed by atoms with van der Waals surface area (Å²) >= 11 is 2.89. The molecular formula is C14H17N3O2S2. The van der Waals surface area contributed by atoms with E-state index in [2.05, 4.69) is 21.7 Å². The predicted molar refractivity (Wildman–Crippen MR) is 83.8 cm³/mol. The number of carboxylic acid groups (broad SMARTS) is 1. The third-order valence-corrected chi connectivity index (χ3v) is 5.70. The number of aliphatic carboxylic acids is 1.